The Labute approximate surface area is 120 Å². The highest BCUT2D eigenvalue weighted by atomic mass is 15.1. The molecule has 0 bridgehead atoms. The Balaban J connectivity index is 1.55. The molecule has 0 fully saturated rings. The lowest BCUT2D eigenvalue weighted by molar-refractivity contribution is 0.460. The van der Waals surface area contributed by atoms with Crippen molar-refractivity contribution in [1.29, 1.82) is 0 Å². The molecule has 2 aromatic rings. The van der Waals surface area contributed by atoms with Crippen LogP contribution in [0.2, 0.25) is 0 Å². The van der Waals surface area contributed by atoms with E-state index in [1.165, 1.54) is 23.2 Å². The van der Waals surface area contributed by atoms with E-state index >= 15 is 0 Å². The van der Waals surface area contributed by atoms with Crippen molar-refractivity contribution in [1.82, 2.24) is 10.3 Å². The van der Waals surface area contributed by atoms with Gasteiger partial charge in [0.05, 0.1) is 0 Å². The molecule has 1 aromatic carbocycles. The summed E-state index contributed by atoms with van der Waals surface area (Å²) >= 11 is 0. The predicted molar refractivity (Wildman–Crippen MR) is 82.8 cm³/mol. The van der Waals surface area contributed by atoms with Crippen LogP contribution >= 0.6 is 0 Å². The number of anilines is 1. The Morgan fingerprint density at radius 3 is 2.85 bits per heavy atom. The maximum atomic E-state index is 4.04. The Kier molecular flexibility index (Phi) is 3.97. The number of hydrogen-bond donors (Lipinski definition) is 1. The van der Waals surface area contributed by atoms with Gasteiger partial charge in [-0.3, -0.25) is 4.98 Å². The number of fused-ring (bicyclic) bond motifs is 1. The average Bonchev–Trinajstić information content (AvgIpc) is 2.48. The molecule has 0 spiro atoms. The fraction of sp³-hybridized carbons (Fsp3) is 0.353. The summed E-state index contributed by atoms with van der Waals surface area (Å²) in [4.78, 5) is 6.42. The van der Waals surface area contributed by atoms with E-state index in [9.17, 15) is 0 Å². The van der Waals surface area contributed by atoms with Gasteiger partial charge in [0.25, 0.3) is 0 Å². The molecule has 1 aliphatic rings. The van der Waals surface area contributed by atoms with Crippen LogP contribution < -0.4 is 10.2 Å². The largest absolute Gasteiger partial charge is 0.374 e. The third kappa shape index (κ3) is 2.99. The van der Waals surface area contributed by atoms with Crippen molar-refractivity contribution in [3.63, 3.8) is 0 Å². The van der Waals surface area contributed by atoms with Gasteiger partial charge in [-0.15, -0.1) is 0 Å². The van der Waals surface area contributed by atoms with Crippen LogP contribution in [0.1, 0.15) is 11.1 Å². The van der Waals surface area contributed by atoms with Crippen LogP contribution in [-0.2, 0) is 13.0 Å². The van der Waals surface area contributed by atoms with Gasteiger partial charge in [0.1, 0.15) is 0 Å². The highest BCUT2D eigenvalue weighted by molar-refractivity contribution is 5.55. The summed E-state index contributed by atoms with van der Waals surface area (Å²) in [7, 11) is 2.19. The number of rotatable bonds is 4. The summed E-state index contributed by atoms with van der Waals surface area (Å²) in [6.45, 7) is 3.10. The number of benzene rings is 1. The van der Waals surface area contributed by atoms with Crippen LogP contribution in [-0.4, -0.2) is 25.1 Å². The predicted octanol–water partition coefficient (Wildman–Crippen LogP) is 2.48. The Morgan fingerprint density at radius 2 is 2.00 bits per heavy atom. The maximum Gasteiger partial charge on any atom is 0.0396 e. The lowest BCUT2D eigenvalue weighted by Gasteiger charge is -2.33. The molecular formula is C17H21N3. The minimum absolute atomic E-state index is 0.678. The van der Waals surface area contributed by atoms with Crippen LogP contribution in [0.3, 0.4) is 0 Å². The van der Waals surface area contributed by atoms with E-state index in [1.54, 1.807) is 0 Å². The summed E-state index contributed by atoms with van der Waals surface area (Å²) in [5.74, 6) is 0.678. The summed E-state index contributed by atoms with van der Waals surface area (Å²) in [6, 6.07) is 12.9. The van der Waals surface area contributed by atoms with E-state index in [4.69, 9.17) is 0 Å². The van der Waals surface area contributed by atoms with Crippen molar-refractivity contribution < 1.29 is 0 Å². The standard InChI is InChI=1S/C17H21N3/c1-20-13-15(10-16-4-2-3-5-17(16)20)12-19-11-14-6-8-18-9-7-14/h2-9,15,19H,10-13H2,1H3/t15-/m0/s1. The SMILES string of the molecule is CN1C[C@H](CNCc2ccncc2)Cc2ccccc21. The Hall–Kier alpha value is -1.87. The second-order valence-corrected chi connectivity index (χ2v) is 5.57. The average molecular weight is 267 g/mol. The van der Waals surface area contributed by atoms with E-state index in [-0.39, 0.29) is 0 Å². The quantitative estimate of drug-likeness (QED) is 0.922. The van der Waals surface area contributed by atoms with E-state index in [2.05, 4.69) is 58.6 Å². The molecule has 3 nitrogen and oxygen atoms in total. The summed E-state index contributed by atoms with van der Waals surface area (Å²) in [5, 5.41) is 3.57. The molecule has 0 amide bonds. The first kappa shape index (κ1) is 13.1. The smallest absolute Gasteiger partial charge is 0.0396 e. The van der Waals surface area contributed by atoms with E-state index < -0.39 is 0 Å². The van der Waals surface area contributed by atoms with E-state index in [0.717, 1.165) is 19.6 Å². The first-order chi connectivity index (χ1) is 9.83. The zero-order valence-electron chi connectivity index (χ0n) is 11.9. The number of para-hydroxylation sites is 1. The van der Waals surface area contributed by atoms with Gasteiger partial charge in [-0.25, -0.2) is 0 Å². The second-order valence-electron chi connectivity index (χ2n) is 5.57. The normalized spacial score (nSPS) is 17.9. The molecule has 1 N–H and O–H groups in total. The third-order valence-corrected chi connectivity index (χ3v) is 3.96. The summed E-state index contributed by atoms with van der Waals surface area (Å²) in [6.07, 6.45) is 4.87. The number of nitrogens with zero attached hydrogens (tertiary/aromatic N) is 2. The monoisotopic (exact) mass is 267 g/mol. The number of aromatic nitrogens is 1. The minimum Gasteiger partial charge on any atom is -0.374 e. The number of hydrogen-bond acceptors (Lipinski definition) is 3. The van der Waals surface area contributed by atoms with Crippen molar-refractivity contribution in [3.05, 3.63) is 59.9 Å². The minimum atomic E-state index is 0.678. The molecule has 0 aliphatic carbocycles. The fourth-order valence-electron chi connectivity index (χ4n) is 2.98. The third-order valence-electron chi connectivity index (χ3n) is 3.96. The molecule has 1 atom stereocenters. The van der Waals surface area contributed by atoms with Crippen LogP contribution in [0, 0.1) is 5.92 Å². The van der Waals surface area contributed by atoms with Gasteiger partial charge in [-0.1, -0.05) is 18.2 Å². The molecule has 20 heavy (non-hydrogen) atoms. The van der Waals surface area contributed by atoms with Gasteiger partial charge in [0.15, 0.2) is 0 Å². The van der Waals surface area contributed by atoms with Crippen molar-refractivity contribution in [3.8, 4) is 0 Å². The summed E-state index contributed by atoms with van der Waals surface area (Å²) in [5.41, 5.74) is 4.15. The van der Waals surface area contributed by atoms with Gasteiger partial charge >= 0.3 is 0 Å². The highest BCUT2D eigenvalue weighted by Crippen LogP contribution is 2.27. The summed E-state index contributed by atoms with van der Waals surface area (Å²) < 4.78 is 0. The van der Waals surface area contributed by atoms with E-state index in [0.29, 0.717) is 5.92 Å². The molecule has 1 aliphatic heterocycles. The molecule has 0 radical (unpaired) electrons. The Bertz CT molecular complexity index is 553. The zero-order chi connectivity index (χ0) is 13.8. The van der Waals surface area contributed by atoms with Crippen LogP contribution in [0.25, 0.3) is 0 Å². The first-order valence-corrected chi connectivity index (χ1v) is 7.21. The van der Waals surface area contributed by atoms with Crippen LogP contribution in [0.4, 0.5) is 5.69 Å². The van der Waals surface area contributed by atoms with Gasteiger partial charge in [-0.05, 0) is 41.7 Å². The molecule has 0 saturated heterocycles. The first-order valence-electron chi connectivity index (χ1n) is 7.21. The van der Waals surface area contributed by atoms with Crippen molar-refractivity contribution in [2.24, 2.45) is 5.92 Å². The number of nitrogens with one attached hydrogen (secondary N) is 1. The van der Waals surface area contributed by atoms with Gasteiger partial charge in [0, 0.05) is 44.8 Å². The molecule has 1 aromatic heterocycles. The molecule has 3 heteroatoms. The molecule has 104 valence electrons. The zero-order valence-corrected chi connectivity index (χ0v) is 11.9. The maximum absolute atomic E-state index is 4.04. The molecular weight excluding hydrogens is 246 g/mol. The molecule has 2 heterocycles. The fourth-order valence-corrected chi connectivity index (χ4v) is 2.98. The van der Waals surface area contributed by atoms with Crippen molar-refractivity contribution in [2.75, 3.05) is 25.0 Å². The number of pyridine rings is 1. The van der Waals surface area contributed by atoms with Gasteiger partial charge in [-0.2, -0.15) is 0 Å². The molecule has 0 unspecified atom stereocenters. The van der Waals surface area contributed by atoms with Crippen molar-refractivity contribution in [2.45, 2.75) is 13.0 Å². The van der Waals surface area contributed by atoms with Crippen molar-refractivity contribution >= 4 is 5.69 Å². The molecule has 0 saturated carbocycles. The van der Waals surface area contributed by atoms with Crippen LogP contribution in [0.5, 0.6) is 0 Å². The lowest BCUT2D eigenvalue weighted by Crippen LogP contribution is -2.37. The van der Waals surface area contributed by atoms with Gasteiger partial charge < -0.3 is 10.2 Å². The van der Waals surface area contributed by atoms with Crippen LogP contribution in [0.15, 0.2) is 48.8 Å². The second kappa shape index (κ2) is 6.06. The highest BCUT2D eigenvalue weighted by Gasteiger charge is 2.21. The lowest BCUT2D eigenvalue weighted by atomic mass is 9.93. The Morgan fingerprint density at radius 1 is 1.20 bits per heavy atom. The topological polar surface area (TPSA) is 28.2 Å². The van der Waals surface area contributed by atoms with Gasteiger partial charge in [0.2, 0.25) is 0 Å². The molecule has 3 rings (SSSR count). The van der Waals surface area contributed by atoms with E-state index in [1.807, 2.05) is 12.4 Å².